The van der Waals surface area contributed by atoms with Crippen molar-refractivity contribution < 1.29 is 38.2 Å². The van der Waals surface area contributed by atoms with Crippen LogP contribution in [0, 0.1) is 0 Å². The summed E-state index contributed by atoms with van der Waals surface area (Å²) < 4.78 is 17.2. The Hall–Kier alpha value is -2.71. The molecular formula is C54H97NO7. The average Bonchev–Trinajstić information content (AvgIpc) is 3.23. The number of unbranched alkanes of at least 4 members (excludes halogenated alkanes) is 24. The molecule has 0 aromatic carbocycles. The molecule has 0 amide bonds. The lowest BCUT2D eigenvalue weighted by Gasteiger charge is -2.34. The van der Waals surface area contributed by atoms with Crippen LogP contribution in [0.5, 0.6) is 0 Å². The lowest BCUT2D eigenvalue weighted by atomic mass is 10.0. The third-order valence-electron chi connectivity index (χ3n) is 11.5. The van der Waals surface area contributed by atoms with E-state index in [4.69, 9.17) is 14.2 Å². The molecule has 0 spiro atoms. The van der Waals surface area contributed by atoms with Gasteiger partial charge in [-0.3, -0.25) is 9.59 Å². The molecule has 0 aliphatic carbocycles. The second-order valence-electron chi connectivity index (χ2n) is 18.4. The summed E-state index contributed by atoms with van der Waals surface area (Å²) in [5.74, 6) is -1.73. The number of ether oxygens (including phenoxy) is 3. The zero-order chi connectivity index (χ0) is 45.6. The molecule has 0 heterocycles. The highest BCUT2D eigenvalue weighted by atomic mass is 16.6. The number of aliphatic carboxylic acids is 1. The topological polar surface area (TPSA) is 102 Å². The van der Waals surface area contributed by atoms with Gasteiger partial charge in [0, 0.05) is 19.3 Å². The second-order valence-corrected chi connectivity index (χ2v) is 18.4. The van der Waals surface area contributed by atoms with Crippen molar-refractivity contribution in [3.8, 4) is 0 Å². The summed E-state index contributed by atoms with van der Waals surface area (Å²) in [5.41, 5.74) is 0. The molecule has 0 aliphatic rings. The highest BCUT2D eigenvalue weighted by Crippen LogP contribution is 2.16. The molecule has 0 saturated carbocycles. The minimum atomic E-state index is -1.12. The molecule has 8 heteroatoms. The normalized spacial score (nSPS) is 13.2. The van der Waals surface area contributed by atoms with Gasteiger partial charge in [0.05, 0.1) is 40.3 Å². The molecule has 62 heavy (non-hydrogen) atoms. The maximum absolute atomic E-state index is 12.8. The van der Waals surface area contributed by atoms with Crippen molar-refractivity contribution in [1.29, 1.82) is 0 Å². The highest BCUT2D eigenvalue weighted by molar-refractivity contribution is 5.70. The Labute approximate surface area is 382 Å². The molecule has 2 atom stereocenters. The Morgan fingerprint density at radius 3 is 1.34 bits per heavy atom. The SMILES string of the molecule is CC/C=C/C/C=C/C/C=C/C/C=C/CCCCCCCCCCCCC(=O)OCC(COCCC(C(=O)[O-])[N+](C)(C)C)OC(=O)CCCCCCCCCCCCCCCCC. The molecule has 0 saturated heterocycles. The number of carbonyl (C=O) groups is 3. The molecule has 0 aromatic heterocycles. The summed E-state index contributed by atoms with van der Waals surface area (Å²) in [4.78, 5) is 37.0. The van der Waals surface area contributed by atoms with Gasteiger partial charge in [0.15, 0.2) is 6.10 Å². The fourth-order valence-corrected chi connectivity index (χ4v) is 7.53. The van der Waals surface area contributed by atoms with Gasteiger partial charge in [-0.15, -0.1) is 0 Å². The largest absolute Gasteiger partial charge is 0.544 e. The number of likely N-dealkylation sites (N-methyl/N-ethyl adjacent to an activating group) is 1. The summed E-state index contributed by atoms with van der Waals surface area (Å²) >= 11 is 0. The van der Waals surface area contributed by atoms with Gasteiger partial charge in [-0.2, -0.15) is 0 Å². The predicted octanol–water partition coefficient (Wildman–Crippen LogP) is 13.4. The highest BCUT2D eigenvalue weighted by Gasteiger charge is 2.25. The quantitative estimate of drug-likeness (QED) is 0.0260. The van der Waals surface area contributed by atoms with Crippen LogP contribution in [0.25, 0.3) is 0 Å². The van der Waals surface area contributed by atoms with Gasteiger partial charge in [0.2, 0.25) is 0 Å². The van der Waals surface area contributed by atoms with E-state index in [1.54, 1.807) is 21.1 Å². The third-order valence-corrected chi connectivity index (χ3v) is 11.5. The molecular weight excluding hydrogens is 775 g/mol. The number of quaternary nitrogens is 1. The Bertz CT molecular complexity index is 1150. The van der Waals surface area contributed by atoms with Crippen LogP contribution in [-0.4, -0.2) is 75.5 Å². The number of hydrogen-bond acceptors (Lipinski definition) is 7. The Morgan fingerprint density at radius 1 is 0.500 bits per heavy atom. The first kappa shape index (κ1) is 59.3. The van der Waals surface area contributed by atoms with E-state index in [0.717, 1.165) is 64.2 Å². The van der Waals surface area contributed by atoms with Crippen molar-refractivity contribution in [2.75, 3.05) is 41.0 Å². The summed E-state index contributed by atoms with van der Waals surface area (Å²) in [7, 11) is 5.42. The Kier molecular flexibility index (Phi) is 42.9. The van der Waals surface area contributed by atoms with Crippen molar-refractivity contribution in [2.24, 2.45) is 0 Å². The van der Waals surface area contributed by atoms with E-state index in [9.17, 15) is 19.5 Å². The molecule has 0 rings (SSSR count). The number of nitrogens with zero attached hydrogens (tertiary/aromatic N) is 1. The van der Waals surface area contributed by atoms with E-state index in [1.165, 1.54) is 128 Å². The van der Waals surface area contributed by atoms with Crippen LogP contribution in [0.4, 0.5) is 0 Å². The number of carboxylic acids is 1. The fraction of sp³-hybridized carbons (Fsp3) is 0.796. The number of rotatable bonds is 46. The van der Waals surface area contributed by atoms with Crippen LogP contribution in [0.1, 0.15) is 226 Å². The van der Waals surface area contributed by atoms with Crippen LogP contribution >= 0.6 is 0 Å². The maximum atomic E-state index is 12.8. The van der Waals surface area contributed by atoms with Crippen LogP contribution in [0.3, 0.4) is 0 Å². The number of hydrogen-bond donors (Lipinski definition) is 0. The molecule has 0 fully saturated rings. The van der Waals surface area contributed by atoms with Gasteiger partial charge in [0.25, 0.3) is 0 Å². The Balaban J connectivity index is 4.20. The van der Waals surface area contributed by atoms with Crippen LogP contribution in [0.2, 0.25) is 0 Å². The average molecular weight is 872 g/mol. The standard InChI is InChI=1S/C54H97NO7/c1-6-8-10-12-14-16-18-20-22-23-24-25-26-27-28-29-31-32-34-36-38-40-42-44-52(56)61-49-50(48-60-47-46-51(54(58)59)55(3,4)5)62-53(57)45-43-41-39-37-35-33-30-21-19-17-15-13-11-9-7-2/h8,10,14,16,20,22,24-25,50-51H,6-7,9,11-13,15,17-19,21,23,26-49H2,1-5H3/b10-8+,16-14+,22-20+,25-24+. The van der Waals surface area contributed by atoms with Crippen LogP contribution in [0.15, 0.2) is 48.6 Å². The van der Waals surface area contributed by atoms with Crippen LogP contribution in [-0.2, 0) is 28.6 Å². The summed E-state index contributed by atoms with van der Waals surface area (Å²) in [6.07, 6.45) is 54.2. The van der Waals surface area contributed by atoms with Gasteiger partial charge >= 0.3 is 11.9 Å². The molecule has 0 N–H and O–H groups in total. The number of carbonyl (C=O) groups excluding carboxylic acids is 3. The molecule has 0 aromatic rings. The van der Waals surface area contributed by atoms with Gasteiger partial charge in [0.1, 0.15) is 12.6 Å². The van der Waals surface area contributed by atoms with Gasteiger partial charge in [-0.05, 0) is 51.4 Å². The smallest absolute Gasteiger partial charge is 0.306 e. The minimum Gasteiger partial charge on any atom is -0.544 e. The van der Waals surface area contributed by atoms with Crippen molar-refractivity contribution in [3.05, 3.63) is 48.6 Å². The van der Waals surface area contributed by atoms with Gasteiger partial charge < -0.3 is 28.6 Å². The van der Waals surface area contributed by atoms with Crippen molar-refractivity contribution >= 4 is 17.9 Å². The van der Waals surface area contributed by atoms with E-state index in [0.29, 0.717) is 12.8 Å². The molecule has 0 radical (unpaired) electrons. The minimum absolute atomic E-state index is 0.0417. The predicted molar refractivity (Wildman–Crippen MR) is 259 cm³/mol. The van der Waals surface area contributed by atoms with Gasteiger partial charge in [-0.25, -0.2) is 0 Å². The van der Waals surface area contributed by atoms with E-state index >= 15 is 0 Å². The Morgan fingerprint density at radius 2 is 0.903 bits per heavy atom. The fourth-order valence-electron chi connectivity index (χ4n) is 7.53. The van der Waals surface area contributed by atoms with E-state index < -0.39 is 18.1 Å². The first-order chi connectivity index (χ1) is 30.1. The zero-order valence-electron chi connectivity index (χ0n) is 41.0. The van der Waals surface area contributed by atoms with E-state index in [1.807, 2.05) is 0 Å². The second kappa shape index (κ2) is 44.9. The lowest BCUT2D eigenvalue weighted by Crippen LogP contribution is -2.55. The third kappa shape index (κ3) is 42.6. The van der Waals surface area contributed by atoms with E-state index in [-0.39, 0.29) is 42.7 Å². The summed E-state index contributed by atoms with van der Waals surface area (Å²) in [6.45, 7) is 4.57. The first-order valence-electron chi connectivity index (χ1n) is 25.7. The summed E-state index contributed by atoms with van der Waals surface area (Å²) in [5, 5.41) is 11.7. The van der Waals surface area contributed by atoms with Crippen molar-refractivity contribution in [2.45, 2.75) is 238 Å². The van der Waals surface area contributed by atoms with Crippen molar-refractivity contribution in [1.82, 2.24) is 0 Å². The first-order valence-corrected chi connectivity index (χ1v) is 25.7. The lowest BCUT2D eigenvalue weighted by molar-refractivity contribution is -0.889. The number of allylic oxidation sites excluding steroid dienone is 8. The van der Waals surface area contributed by atoms with Crippen LogP contribution < -0.4 is 5.11 Å². The molecule has 0 bridgehead atoms. The molecule has 360 valence electrons. The number of esters is 2. The molecule has 8 nitrogen and oxygen atoms in total. The van der Waals surface area contributed by atoms with E-state index in [2.05, 4.69) is 62.5 Å². The van der Waals surface area contributed by atoms with Gasteiger partial charge in [-0.1, -0.05) is 204 Å². The number of carboxylic acid groups (broad SMARTS) is 1. The maximum Gasteiger partial charge on any atom is 0.306 e. The van der Waals surface area contributed by atoms with Crippen molar-refractivity contribution in [3.63, 3.8) is 0 Å². The monoisotopic (exact) mass is 872 g/mol. The molecule has 0 aliphatic heterocycles. The molecule has 2 unspecified atom stereocenters. The summed E-state index contributed by atoms with van der Waals surface area (Å²) in [6, 6.07) is -0.726. The zero-order valence-corrected chi connectivity index (χ0v) is 41.0.